The van der Waals surface area contributed by atoms with E-state index < -0.39 is 5.41 Å². The van der Waals surface area contributed by atoms with Crippen LogP contribution in [0.1, 0.15) is 32.1 Å². The maximum absolute atomic E-state index is 12.1. The minimum atomic E-state index is -0.851. The number of carbonyl (C=O) groups is 1. The number of anilines is 1. The first kappa shape index (κ1) is 11.6. The summed E-state index contributed by atoms with van der Waals surface area (Å²) in [6.07, 6.45) is 6.08. The summed E-state index contributed by atoms with van der Waals surface area (Å²) >= 11 is 0. The molecular weight excluding hydrogens is 216 g/mol. The third kappa shape index (κ3) is 2.31. The van der Waals surface area contributed by atoms with Gasteiger partial charge in [-0.15, -0.1) is 0 Å². The summed E-state index contributed by atoms with van der Waals surface area (Å²) in [6.45, 7) is 0. The van der Waals surface area contributed by atoms with Gasteiger partial charge in [-0.3, -0.25) is 9.48 Å². The quantitative estimate of drug-likeness (QED) is 0.845. The summed E-state index contributed by atoms with van der Waals surface area (Å²) in [5.74, 6) is 0.302. The van der Waals surface area contributed by atoms with E-state index >= 15 is 0 Å². The van der Waals surface area contributed by atoms with Crippen LogP contribution < -0.4 is 5.32 Å². The van der Waals surface area contributed by atoms with Crippen LogP contribution in [-0.4, -0.2) is 15.7 Å². The minimum absolute atomic E-state index is 0.210. The maximum atomic E-state index is 12.1. The number of hydrogen-bond donors (Lipinski definition) is 1. The lowest BCUT2D eigenvalue weighted by Crippen LogP contribution is -2.36. The highest BCUT2D eigenvalue weighted by Gasteiger charge is 2.40. The van der Waals surface area contributed by atoms with Gasteiger partial charge in [-0.25, -0.2) is 0 Å². The summed E-state index contributed by atoms with van der Waals surface area (Å²) in [6, 6.07) is 3.93. The Morgan fingerprint density at radius 3 is 2.76 bits per heavy atom. The number of amides is 1. The van der Waals surface area contributed by atoms with Gasteiger partial charge >= 0.3 is 0 Å². The Bertz CT molecular complexity index is 451. The summed E-state index contributed by atoms with van der Waals surface area (Å²) < 4.78 is 1.62. The molecule has 5 nitrogen and oxygen atoms in total. The lowest BCUT2D eigenvalue weighted by Gasteiger charge is -2.28. The molecule has 1 N–H and O–H groups in total. The molecule has 5 heteroatoms. The van der Waals surface area contributed by atoms with E-state index in [0.29, 0.717) is 18.7 Å². The normalized spacial score (nSPS) is 18.4. The zero-order valence-corrected chi connectivity index (χ0v) is 9.94. The number of nitrogens with one attached hydrogen (secondary N) is 1. The van der Waals surface area contributed by atoms with Crippen LogP contribution >= 0.6 is 0 Å². The lowest BCUT2D eigenvalue weighted by atomic mass is 9.74. The fraction of sp³-hybridized carbons (Fsp3) is 0.583. The molecule has 0 atom stereocenters. The number of carbonyl (C=O) groups excluding carboxylic acids is 1. The van der Waals surface area contributed by atoms with Gasteiger partial charge in [-0.2, -0.15) is 10.4 Å². The van der Waals surface area contributed by atoms with Crippen LogP contribution in [-0.2, 0) is 11.8 Å². The van der Waals surface area contributed by atoms with Crippen molar-refractivity contribution in [2.24, 2.45) is 12.5 Å². The second kappa shape index (κ2) is 4.58. The largest absolute Gasteiger partial charge is 0.308 e. The van der Waals surface area contributed by atoms with E-state index in [9.17, 15) is 10.1 Å². The van der Waals surface area contributed by atoms with Gasteiger partial charge in [0, 0.05) is 19.3 Å². The molecule has 1 aromatic rings. The van der Waals surface area contributed by atoms with E-state index in [2.05, 4.69) is 16.5 Å². The van der Waals surface area contributed by atoms with Crippen molar-refractivity contribution in [1.82, 2.24) is 9.78 Å². The molecule has 1 aliphatic rings. The zero-order valence-electron chi connectivity index (χ0n) is 9.94. The van der Waals surface area contributed by atoms with Crippen molar-refractivity contribution in [1.29, 1.82) is 5.26 Å². The Kier molecular flexibility index (Phi) is 3.14. The van der Waals surface area contributed by atoms with Crippen molar-refractivity contribution in [3.05, 3.63) is 12.3 Å². The van der Waals surface area contributed by atoms with Crippen LogP contribution in [0.2, 0.25) is 0 Å². The third-order valence-electron chi connectivity index (χ3n) is 3.31. The molecule has 0 radical (unpaired) electrons. The predicted molar refractivity (Wildman–Crippen MR) is 63.0 cm³/mol. The number of nitrogens with zero attached hydrogens (tertiary/aromatic N) is 3. The van der Waals surface area contributed by atoms with E-state index in [-0.39, 0.29) is 5.91 Å². The summed E-state index contributed by atoms with van der Waals surface area (Å²) in [5, 5.41) is 16.1. The van der Waals surface area contributed by atoms with Crippen LogP contribution in [0.15, 0.2) is 12.3 Å². The Labute approximate surface area is 100 Å². The molecule has 0 spiro atoms. The SMILES string of the molecule is Cn1ccc(NC(=O)C2(C#N)CCCCC2)n1. The summed E-state index contributed by atoms with van der Waals surface area (Å²) in [4.78, 5) is 12.1. The van der Waals surface area contributed by atoms with Gasteiger partial charge in [-0.05, 0) is 12.8 Å². The Morgan fingerprint density at radius 2 is 2.24 bits per heavy atom. The van der Waals surface area contributed by atoms with Gasteiger partial charge in [0.15, 0.2) is 5.82 Å². The fourth-order valence-corrected chi connectivity index (χ4v) is 2.26. The van der Waals surface area contributed by atoms with Crippen molar-refractivity contribution >= 4 is 11.7 Å². The molecule has 0 bridgehead atoms. The molecule has 1 amide bonds. The van der Waals surface area contributed by atoms with Crippen molar-refractivity contribution < 1.29 is 4.79 Å². The van der Waals surface area contributed by atoms with Crippen molar-refractivity contribution in [2.45, 2.75) is 32.1 Å². The molecule has 1 heterocycles. The third-order valence-corrected chi connectivity index (χ3v) is 3.31. The molecule has 0 aromatic carbocycles. The van der Waals surface area contributed by atoms with Gasteiger partial charge in [0.1, 0.15) is 5.41 Å². The molecule has 0 aliphatic heterocycles. The van der Waals surface area contributed by atoms with Crippen LogP contribution in [0.25, 0.3) is 0 Å². The molecule has 1 aliphatic carbocycles. The van der Waals surface area contributed by atoms with Gasteiger partial charge in [0.25, 0.3) is 0 Å². The highest BCUT2D eigenvalue weighted by atomic mass is 16.2. The number of aromatic nitrogens is 2. The average molecular weight is 232 g/mol. The molecule has 0 saturated heterocycles. The zero-order chi connectivity index (χ0) is 12.3. The van der Waals surface area contributed by atoms with E-state index in [0.717, 1.165) is 19.3 Å². The van der Waals surface area contributed by atoms with Gasteiger partial charge < -0.3 is 5.32 Å². The fourth-order valence-electron chi connectivity index (χ4n) is 2.26. The monoisotopic (exact) mass is 232 g/mol. The topological polar surface area (TPSA) is 70.7 Å². The Balaban J connectivity index is 2.10. The average Bonchev–Trinajstić information content (AvgIpc) is 2.75. The molecule has 1 aromatic heterocycles. The maximum Gasteiger partial charge on any atom is 0.246 e. The standard InChI is InChI=1S/C12H16N4O/c1-16-8-5-10(15-16)14-11(17)12(9-13)6-3-2-4-7-12/h5,8H,2-4,6-7H2,1H3,(H,14,15,17). The van der Waals surface area contributed by atoms with Crippen molar-refractivity contribution in [2.75, 3.05) is 5.32 Å². The molecule has 90 valence electrons. The molecule has 1 saturated carbocycles. The van der Waals surface area contributed by atoms with E-state index in [4.69, 9.17) is 0 Å². The Morgan fingerprint density at radius 1 is 1.53 bits per heavy atom. The number of aryl methyl sites for hydroxylation is 1. The summed E-state index contributed by atoms with van der Waals surface area (Å²) in [7, 11) is 1.79. The van der Waals surface area contributed by atoms with Crippen LogP contribution in [0.3, 0.4) is 0 Å². The van der Waals surface area contributed by atoms with Crippen molar-refractivity contribution in [3.63, 3.8) is 0 Å². The molecule has 2 rings (SSSR count). The second-order valence-corrected chi connectivity index (χ2v) is 4.58. The first-order valence-corrected chi connectivity index (χ1v) is 5.89. The molecule has 1 fully saturated rings. The molecule has 17 heavy (non-hydrogen) atoms. The number of nitriles is 1. The highest BCUT2D eigenvalue weighted by Crippen LogP contribution is 2.36. The first-order valence-electron chi connectivity index (χ1n) is 5.89. The lowest BCUT2D eigenvalue weighted by molar-refractivity contribution is -0.124. The summed E-state index contributed by atoms with van der Waals surface area (Å²) in [5.41, 5.74) is -0.851. The van der Waals surface area contributed by atoms with E-state index in [1.165, 1.54) is 0 Å². The van der Waals surface area contributed by atoms with Gasteiger partial charge in [0.05, 0.1) is 6.07 Å². The van der Waals surface area contributed by atoms with Crippen molar-refractivity contribution in [3.8, 4) is 6.07 Å². The van der Waals surface area contributed by atoms with Crippen LogP contribution in [0.5, 0.6) is 0 Å². The van der Waals surface area contributed by atoms with Gasteiger partial charge in [-0.1, -0.05) is 19.3 Å². The van der Waals surface area contributed by atoms with E-state index in [1.54, 1.807) is 24.0 Å². The number of rotatable bonds is 2. The van der Waals surface area contributed by atoms with Gasteiger partial charge in [0.2, 0.25) is 5.91 Å². The smallest absolute Gasteiger partial charge is 0.246 e. The number of hydrogen-bond acceptors (Lipinski definition) is 3. The first-order chi connectivity index (χ1) is 8.16. The van der Waals surface area contributed by atoms with Crippen LogP contribution in [0, 0.1) is 16.7 Å². The predicted octanol–water partition coefficient (Wildman–Crippen LogP) is 1.83. The second-order valence-electron chi connectivity index (χ2n) is 4.58. The highest BCUT2D eigenvalue weighted by molar-refractivity contribution is 5.96. The van der Waals surface area contributed by atoms with E-state index in [1.807, 2.05) is 0 Å². The Hall–Kier alpha value is -1.83. The molecule has 0 unspecified atom stereocenters. The minimum Gasteiger partial charge on any atom is -0.308 e. The van der Waals surface area contributed by atoms with Crippen LogP contribution in [0.4, 0.5) is 5.82 Å². The molecular formula is C12H16N4O.